The molecule has 2 aromatic rings. The summed E-state index contributed by atoms with van der Waals surface area (Å²) in [6, 6.07) is 11.1. The lowest BCUT2D eigenvalue weighted by Crippen LogP contribution is -2.72. The summed E-state index contributed by atoms with van der Waals surface area (Å²) in [6.07, 6.45) is 4.99. The zero-order valence-corrected chi connectivity index (χ0v) is 38.3. The molecular formula is C43H59Cl5N6O8. The second-order valence-corrected chi connectivity index (χ2v) is 17.9. The predicted molar refractivity (Wildman–Crippen MR) is 242 cm³/mol. The maximum atomic E-state index is 13.4. The van der Waals surface area contributed by atoms with Gasteiger partial charge in [0.05, 0.1) is 110 Å². The van der Waals surface area contributed by atoms with Gasteiger partial charge in [-0.15, -0.1) is 0 Å². The second kappa shape index (κ2) is 24.1. The fraction of sp³-hybridized carbons (Fsp3) is 0.628. The van der Waals surface area contributed by atoms with E-state index in [1.807, 2.05) is 17.0 Å². The van der Waals surface area contributed by atoms with Crippen LogP contribution in [0.3, 0.4) is 0 Å². The number of carbonyl (C=O) groups excluding carboxylic acids is 4. The molecule has 14 nitrogen and oxygen atoms in total. The van der Waals surface area contributed by atoms with Crippen LogP contribution >= 0.6 is 58.0 Å². The third-order valence-electron chi connectivity index (χ3n) is 12.3. The first-order chi connectivity index (χ1) is 29.4. The number of nitrogens with one attached hydrogen (secondary N) is 1. The van der Waals surface area contributed by atoms with Crippen molar-refractivity contribution in [3.63, 3.8) is 0 Å². The van der Waals surface area contributed by atoms with Gasteiger partial charge in [0.25, 0.3) is 0 Å². The average Bonchev–Trinajstić information content (AvgIpc) is 4.02. The maximum Gasteiger partial charge on any atom is 0.409 e. The molecule has 344 valence electrons. The van der Waals surface area contributed by atoms with E-state index < -0.39 is 5.43 Å². The minimum Gasteiger partial charge on any atom is -0.457 e. The van der Waals surface area contributed by atoms with Crippen LogP contribution in [-0.2, 0) is 41.4 Å². The molecule has 3 amide bonds. The number of carbonyl (C=O) groups is 4. The van der Waals surface area contributed by atoms with Gasteiger partial charge in [-0.05, 0) is 87.3 Å². The minimum absolute atomic E-state index is 0. The Morgan fingerprint density at radius 3 is 1.55 bits per heavy atom. The molecule has 1 N–H and O–H groups in total. The third kappa shape index (κ3) is 12.6. The first kappa shape index (κ1) is 50.4. The summed E-state index contributed by atoms with van der Waals surface area (Å²) in [5.74, 6) is 0.185. The maximum absolute atomic E-state index is 13.4. The van der Waals surface area contributed by atoms with Crippen LogP contribution in [0.25, 0.3) is 0 Å². The van der Waals surface area contributed by atoms with E-state index in [4.69, 9.17) is 60.6 Å². The Hall–Kier alpha value is -2.63. The highest BCUT2D eigenvalue weighted by Gasteiger charge is 2.50. The molecular weight excluding hydrogens is 906 g/mol. The lowest BCUT2D eigenvalue weighted by Gasteiger charge is -2.53. The van der Waals surface area contributed by atoms with E-state index in [0.29, 0.717) is 66.0 Å². The van der Waals surface area contributed by atoms with Crippen LogP contribution in [0.15, 0.2) is 36.4 Å². The molecule has 0 spiro atoms. The molecule has 6 aliphatic rings. The Kier molecular flexibility index (Phi) is 19.5. The highest BCUT2D eigenvalue weighted by Crippen LogP contribution is 2.32. The van der Waals surface area contributed by atoms with Crippen molar-refractivity contribution in [1.82, 2.24) is 29.8 Å². The topological polar surface area (TPSA) is 133 Å². The Morgan fingerprint density at radius 2 is 1.06 bits per heavy atom. The summed E-state index contributed by atoms with van der Waals surface area (Å²) in [4.78, 5) is 58.9. The number of methoxy groups -OCH3 is 2. The number of rotatable bonds is 6. The summed E-state index contributed by atoms with van der Waals surface area (Å²) < 4.78 is 20.6. The van der Waals surface area contributed by atoms with Crippen molar-refractivity contribution in [3.05, 3.63) is 67.6 Å². The Bertz CT molecular complexity index is 1840. The van der Waals surface area contributed by atoms with Crippen molar-refractivity contribution in [2.75, 3.05) is 93.0 Å². The van der Waals surface area contributed by atoms with Crippen LogP contribution in [0.2, 0.25) is 20.1 Å². The van der Waals surface area contributed by atoms with Crippen LogP contribution in [0, 0.1) is 0 Å². The van der Waals surface area contributed by atoms with Crippen LogP contribution in [0.1, 0.15) is 44.2 Å². The molecule has 2 aromatic carbocycles. The number of hydrogen-bond donors (Lipinski definition) is 1. The van der Waals surface area contributed by atoms with E-state index in [0.717, 1.165) is 63.2 Å². The molecule has 8 rings (SSSR count). The molecule has 0 bridgehead atoms. The number of benzene rings is 2. The molecule has 62 heavy (non-hydrogen) atoms. The van der Waals surface area contributed by atoms with Gasteiger partial charge >= 0.3 is 11.5 Å². The van der Waals surface area contributed by atoms with Gasteiger partial charge in [-0.2, -0.15) is 0 Å². The van der Waals surface area contributed by atoms with Gasteiger partial charge in [0, 0.05) is 37.8 Å². The fourth-order valence-corrected chi connectivity index (χ4v) is 10.1. The standard InChI is InChI=1S/C21H27Cl2N3O4.C19H25Cl2N3O2.C2H3ClO2.CH4/c1-29-21(28)25-8-9-26(19(27)11-14-4-5-15(22)16(23)10-14)20-17(12-30-13-18(20)25)24-6-2-3-7-24;20-14-4-3-13(9-15(14)21)10-18(25)24-8-5-22-16-11-26-12-17(19(16)24)23-6-1-2-7-23;1-5-2(3)4;/h4-5,10,17-18,20H,2-3,6-9,11-13H2,1H3;3-4,9,16-17,19,22H,1-2,5-8,10-12H2;1H3;1H4/t17-,18+,20+;16-,17+,19+;;/m01../s1. The van der Waals surface area contributed by atoms with Crippen molar-refractivity contribution in [3.8, 4) is 0 Å². The lowest BCUT2D eigenvalue weighted by molar-refractivity contribution is -0.150. The van der Waals surface area contributed by atoms with Gasteiger partial charge in [0.2, 0.25) is 11.8 Å². The number of hydrogen-bond acceptors (Lipinski definition) is 11. The number of fused-ring (bicyclic) bond motifs is 2. The van der Waals surface area contributed by atoms with Crippen molar-refractivity contribution < 1.29 is 38.1 Å². The lowest BCUT2D eigenvalue weighted by atomic mass is 9.91. The molecule has 6 saturated heterocycles. The van der Waals surface area contributed by atoms with Gasteiger partial charge in [-0.25, -0.2) is 9.59 Å². The zero-order valence-electron chi connectivity index (χ0n) is 34.5. The molecule has 6 heterocycles. The normalized spacial score (nSPS) is 26.1. The van der Waals surface area contributed by atoms with Crippen molar-refractivity contribution in [2.24, 2.45) is 0 Å². The molecule has 0 unspecified atom stereocenters. The number of halogens is 5. The van der Waals surface area contributed by atoms with Gasteiger partial charge in [-0.1, -0.05) is 66.0 Å². The zero-order chi connectivity index (χ0) is 43.6. The molecule has 6 atom stereocenters. The monoisotopic (exact) mass is 962 g/mol. The second-order valence-electron chi connectivity index (χ2n) is 15.9. The van der Waals surface area contributed by atoms with Crippen molar-refractivity contribution >= 4 is 81.3 Å². The van der Waals surface area contributed by atoms with E-state index in [2.05, 4.69) is 36.4 Å². The van der Waals surface area contributed by atoms with Gasteiger partial charge in [0.15, 0.2) is 0 Å². The summed E-state index contributed by atoms with van der Waals surface area (Å²) in [5.41, 5.74) is 0.959. The molecule has 6 aliphatic heterocycles. The van der Waals surface area contributed by atoms with Gasteiger partial charge in [-0.3, -0.25) is 24.3 Å². The fourth-order valence-electron chi connectivity index (χ4n) is 9.46. The van der Waals surface area contributed by atoms with Crippen LogP contribution in [-0.4, -0.2) is 177 Å². The highest BCUT2D eigenvalue weighted by molar-refractivity contribution is 6.61. The smallest absolute Gasteiger partial charge is 0.409 e. The number of amides is 3. The molecule has 0 aromatic heterocycles. The minimum atomic E-state index is -0.773. The first-order valence-corrected chi connectivity index (χ1v) is 22.7. The first-order valence-electron chi connectivity index (χ1n) is 20.8. The number of likely N-dealkylation sites (tertiary alicyclic amines) is 2. The SMILES string of the molecule is C.COC(=O)Cl.COC(=O)N1CCN(C(=O)Cc2ccc(Cl)c(Cl)c2)[C@H]2[C@H]1COC[C@@H]2N1CCCC1.O=C(Cc1ccc(Cl)c(Cl)c1)N1CCN[C@@H]2COC[C@H](N3CCCC3)[C@H]21. The van der Waals surface area contributed by atoms with Crippen molar-refractivity contribution in [2.45, 2.75) is 82.2 Å². The Morgan fingerprint density at radius 1 is 0.613 bits per heavy atom. The van der Waals surface area contributed by atoms with Crippen molar-refractivity contribution in [1.29, 1.82) is 0 Å². The predicted octanol–water partition coefficient (Wildman–Crippen LogP) is 6.51. The third-order valence-corrected chi connectivity index (χ3v) is 14.0. The number of ether oxygens (including phenoxy) is 4. The number of piperazine rings is 2. The molecule has 19 heteroatoms. The number of nitrogens with zero attached hydrogens (tertiary/aromatic N) is 5. The Balaban J connectivity index is 0.000000210. The van der Waals surface area contributed by atoms with E-state index in [1.165, 1.54) is 27.1 Å². The molecule has 0 saturated carbocycles. The van der Waals surface area contributed by atoms with E-state index in [1.54, 1.807) is 29.2 Å². The van der Waals surface area contributed by atoms with Gasteiger partial charge in [0.1, 0.15) is 0 Å². The van der Waals surface area contributed by atoms with Crippen LogP contribution in [0.5, 0.6) is 0 Å². The largest absolute Gasteiger partial charge is 0.457 e. The summed E-state index contributed by atoms with van der Waals surface area (Å²) in [7, 11) is 2.61. The van der Waals surface area contributed by atoms with E-state index in [-0.39, 0.29) is 68.0 Å². The van der Waals surface area contributed by atoms with Crippen LogP contribution < -0.4 is 5.32 Å². The van der Waals surface area contributed by atoms with E-state index >= 15 is 0 Å². The van der Waals surface area contributed by atoms with Gasteiger partial charge < -0.3 is 34.1 Å². The quantitative estimate of drug-likeness (QED) is 0.318. The van der Waals surface area contributed by atoms with E-state index in [9.17, 15) is 19.2 Å². The molecule has 0 radical (unpaired) electrons. The Labute approximate surface area is 390 Å². The highest BCUT2D eigenvalue weighted by atomic mass is 35.5. The van der Waals surface area contributed by atoms with Crippen LogP contribution in [0.4, 0.5) is 9.59 Å². The molecule has 6 fully saturated rings. The molecule has 0 aliphatic carbocycles. The average molecular weight is 965 g/mol. The summed E-state index contributed by atoms with van der Waals surface area (Å²) in [6.45, 7) is 8.99. The summed E-state index contributed by atoms with van der Waals surface area (Å²) >= 11 is 28.9. The summed E-state index contributed by atoms with van der Waals surface area (Å²) in [5, 5.41) is 5.48.